The smallest absolute Gasteiger partial charge is 0.430 e. The second kappa shape index (κ2) is 11.5. The predicted molar refractivity (Wildman–Crippen MR) is 121 cm³/mol. The molecule has 0 aliphatic carbocycles. The number of carbonyl (C=O) groups is 2. The third kappa shape index (κ3) is 6.30. The number of imidazole rings is 1. The Kier molecular flexibility index (Phi) is 8.61. The molecule has 1 amide bonds. The van der Waals surface area contributed by atoms with Gasteiger partial charge in [-0.05, 0) is 43.2 Å². The molecule has 0 spiro atoms. The van der Waals surface area contributed by atoms with Crippen molar-refractivity contribution in [2.45, 2.75) is 24.6 Å². The fourth-order valence-electron chi connectivity index (χ4n) is 3.85. The Morgan fingerprint density at radius 1 is 1.16 bits per heavy atom. The molecule has 1 saturated heterocycles. The molecular weight excluding hydrogens is 499 g/mol. The van der Waals surface area contributed by atoms with Gasteiger partial charge in [0.2, 0.25) is 0 Å². The van der Waals surface area contributed by atoms with Crippen LogP contribution in [0.1, 0.15) is 23.5 Å². The van der Waals surface area contributed by atoms with Crippen molar-refractivity contribution in [3.8, 4) is 22.8 Å². The fourth-order valence-corrected chi connectivity index (χ4v) is 3.85. The molecule has 0 unspecified atom stereocenters. The number of aliphatic hydroxyl groups is 1. The van der Waals surface area contributed by atoms with E-state index in [0.29, 0.717) is 43.4 Å². The van der Waals surface area contributed by atoms with Gasteiger partial charge < -0.3 is 34.5 Å². The second-order valence-corrected chi connectivity index (χ2v) is 8.16. The molecule has 200 valence electrons. The molecule has 1 aliphatic rings. The summed E-state index contributed by atoms with van der Waals surface area (Å²) < 4.78 is 49.5. The maximum Gasteiger partial charge on any atom is 0.430 e. The van der Waals surface area contributed by atoms with E-state index < -0.39 is 17.7 Å². The average Bonchev–Trinajstić information content (AvgIpc) is 3.28. The van der Waals surface area contributed by atoms with Crippen LogP contribution in [0.15, 0.2) is 42.6 Å². The van der Waals surface area contributed by atoms with Crippen molar-refractivity contribution in [2.24, 2.45) is 0 Å². The monoisotopic (exact) mass is 525 g/mol. The first-order valence-electron chi connectivity index (χ1n) is 11.1. The fraction of sp³-hybridized carbons (Fsp3) is 0.375. The van der Waals surface area contributed by atoms with Crippen molar-refractivity contribution in [1.29, 1.82) is 0 Å². The summed E-state index contributed by atoms with van der Waals surface area (Å²) >= 11 is 0. The minimum atomic E-state index is -5.19. The molecule has 2 aromatic heterocycles. The highest BCUT2D eigenvalue weighted by atomic mass is 19.4. The third-order valence-corrected chi connectivity index (χ3v) is 5.85. The van der Waals surface area contributed by atoms with Gasteiger partial charge in [0.1, 0.15) is 5.97 Å². The Bertz CT molecular complexity index is 1250. The van der Waals surface area contributed by atoms with Gasteiger partial charge in [-0.2, -0.15) is 17.6 Å². The number of aliphatic carboxylic acids is 1. The lowest BCUT2D eigenvalue weighted by Gasteiger charge is -2.35. The lowest BCUT2D eigenvalue weighted by Crippen LogP contribution is -2.55. The van der Waals surface area contributed by atoms with Crippen molar-refractivity contribution >= 4 is 17.4 Å². The number of hydrogen-bond acceptors (Lipinski definition) is 7. The van der Waals surface area contributed by atoms with Gasteiger partial charge in [0.25, 0.3) is 0 Å². The Morgan fingerprint density at radius 2 is 1.81 bits per heavy atom. The number of aromatic amines is 1. The summed E-state index contributed by atoms with van der Waals surface area (Å²) in [5.41, 5.74) is 1.82. The zero-order chi connectivity index (χ0) is 27.2. The number of carboxylic acid groups (broad SMARTS) is 1. The molecule has 37 heavy (non-hydrogen) atoms. The maximum absolute atomic E-state index is 13.2. The Balaban J connectivity index is 0.000000479. The molecule has 3 N–H and O–H groups in total. The summed E-state index contributed by atoms with van der Waals surface area (Å²) in [7, 11) is 3.18. The van der Waals surface area contributed by atoms with Gasteiger partial charge in [-0.25, -0.2) is 4.98 Å². The topological polar surface area (TPSA) is 137 Å². The number of H-pyrrole nitrogens is 1. The van der Waals surface area contributed by atoms with Crippen LogP contribution in [0.25, 0.3) is 16.8 Å². The normalized spacial score (nSPS) is 14.9. The molecule has 0 radical (unpaired) electrons. The Labute approximate surface area is 209 Å². The van der Waals surface area contributed by atoms with Crippen LogP contribution in [-0.4, -0.2) is 67.7 Å². The van der Waals surface area contributed by atoms with E-state index in [9.17, 15) is 23.1 Å². The molecule has 1 aliphatic heterocycles. The number of carboxylic acids is 1. The number of ether oxygens (including phenoxy) is 3. The lowest BCUT2D eigenvalue weighted by atomic mass is 9.91. The quantitative estimate of drug-likeness (QED) is 0.409. The number of carbonyl (C=O) groups excluding carboxylic acids is 2. The maximum atomic E-state index is 13.2. The molecule has 10 nitrogen and oxygen atoms in total. The second-order valence-electron chi connectivity index (χ2n) is 8.16. The van der Waals surface area contributed by atoms with Crippen LogP contribution >= 0.6 is 0 Å². The van der Waals surface area contributed by atoms with E-state index in [2.05, 4.69) is 10.3 Å². The summed E-state index contributed by atoms with van der Waals surface area (Å²) in [5.74, 6) is -1.67. The van der Waals surface area contributed by atoms with Gasteiger partial charge in [0.05, 0.1) is 32.6 Å². The first kappa shape index (κ1) is 27.7. The van der Waals surface area contributed by atoms with Crippen LogP contribution in [-0.2, 0) is 9.53 Å². The van der Waals surface area contributed by atoms with Crippen molar-refractivity contribution in [3.63, 3.8) is 0 Å². The van der Waals surface area contributed by atoms with Crippen molar-refractivity contribution in [1.82, 2.24) is 10.3 Å². The molecule has 3 aromatic rings. The molecule has 0 bridgehead atoms. The summed E-state index contributed by atoms with van der Waals surface area (Å²) in [5, 5.41) is 21.7. The molecule has 0 saturated carbocycles. The molecule has 0 atom stereocenters. The molecule has 4 rings (SSSR count). The van der Waals surface area contributed by atoms with E-state index in [4.69, 9.17) is 24.1 Å². The van der Waals surface area contributed by atoms with E-state index in [-0.39, 0.29) is 12.5 Å². The van der Waals surface area contributed by atoms with Crippen LogP contribution in [0.4, 0.5) is 13.2 Å². The highest BCUT2D eigenvalue weighted by molar-refractivity contribution is 5.92. The lowest BCUT2D eigenvalue weighted by molar-refractivity contribution is -0.514. The zero-order valence-electron chi connectivity index (χ0n) is 20.1. The van der Waals surface area contributed by atoms with E-state index in [0.717, 1.165) is 16.8 Å². The molecule has 3 heterocycles. The number of amides is 1. The van der Waals surface area contributed by atoms with Crippen molar-refractivity contribution < 1.29 is 51.6 Å². The van der Waals surface area contributed by atoms with E-state index in [1.807, 2.05) is 47.0 Å². The number of rotatable bonds is 6. The predicted octanol–water partition coefficient (Wildman–Crippen LogP) is 1.01. The van der Waals surface area contributed by atoms with Gasteiger partial charge in [-0.1, -0.05) is 6.07 Å². The zero-order valence-corrected chi connectivity index (χ0v) is 20.1. The van der Waals surface area contributed by atoms with Crippen LogP contribution < -0.4 is 24.3 Å². The summed E-state index contributed by atoms with van der Waals surface area (Å²) in [6.45, 7) is 0.890. The number of pyridine rings is 1. The SMILES string of the molecule is COc1ccc(-c2[nH]c(C(=O)NC3(CO)CCOCC3)[n+]3ccccc23)cc1OC.O=C([O-])C(F)(F)F. The van der Waals surface area contributed by atoms with E-state index in [1.54, 1.807) is 14.2 Å². The third-order valence-electron chi connectivity index (χ3n) is 5.85. The highest BCUT2D eigenvalue weighted by Gasteiger charge is 2.37. The number of alkyl halides is 3. The van der Waals surface area contributed by atoms with Gasteiger partial charge in [0, 0.05) is 18.8 Å². The van der Waals surface area contributed by atoms with Gasteiger partial charge in [-0.3, -0.25) is 4.79 Å². The largest absolute Gasteiger partial charge is 0.542 e. The number of hydrogen-bond donors (Lipinski definition) is 3. The minimum absolute atomic E-state index is 0.131. The van der Waals surface area contributed by atoms with Crippen molar-refractivity contribution in [2.75, 3.05) is 34.0 Å². The number of nitrogens with zero attached hydrogens (tertiary/aromatic N) is 1. The van der Waals surface area contributed by atoms with Gasteiger partial charge >= 0.3 is 17.9 Å². The first-order valence-corrected chi connectivity index (χ1v) is 11.1. The Hall–Kier alpha value is -3.84. The van der Waals surface area contributed by atoms with Crippen LogP contribution in [0, 0.1) is 0 Å². The first-order chi connectivity index (χ1) is 17.5. The molecule has 1 aromatic carbocycles. The van der Waals surface area contributed by atoms with Crippen LogP contribution in [0.2, 0.25) is 0 Å². The van der Waals surface area contributed by atoms with Crippen LogP contribution in [0.3, 0.4) is 0 Å². The molecule has 1 fully saturated rings. The van der Waals surface area contributed by atoms with E-state index >= 15 is 0 Å². The van der Waals surface area contributed by atoms with Gasteiger partial charge in [-0.15, -0.1) is 0 Å². The summed E-state index contributed by atoms with van der Waals surface area (Å²) in [4.78, 5) is 25.3. The highest BCUT2D eigenvalue weighted by Crippen LogP contribution is 2.33. The van der Waals surface area contributed by atoms with Crippen LogP contribution in [0.5, 0.6) is 11.5 Å². The summed E-state index contributed by atoms with van der Waals surface area (Å²) in [6.07, 6.45) is -2.22. The number of aromatic nitrogens is 2. The molecular formula is C24H26F3N3O7. The number of nitrogens with one attached hydrogen (secondary N) is 2. The number of aliphatic hydroxyl groups excluding tert-OH is 1. The average molecular weight is 525 g/mol. The van der Waals surface area contributed by atoms with E-state index in [1.165, 1.54) is 0 Å². The standard InChI is InChI=1S/C22H25N3O5.C2HF3O2/c1-28-17-7-6-15(13-18(17)29-2)19-16-5-3-4-10-25(16)20(23-19)21(27)24-22(14-26)8-11-30-12-9-22;3-2(4,5)1(6)7/h3-7,10,13,26H,8-9,11-12,14H2,1-2H3,(H,24,27);(H,6,7). The summed E-state index contributed by atoms with van der Waals surface area (Å²) in [6, 6.07) is 11.3. The number of halogens is 3. The van der Waals surface area contributed by atoms with Crippen molar-refractivity contribution in [3.05, 3.63) is 48.4 Å². The van der Waals surface area contributed by atoms with Gasteiger partial charge in [0.15, 0.2) is 22.7 Å². The minimum Gasteiger partial charge on any atom is -0.542 e. The number of fused-ring (bicyclic) bond motifs is 1. The molecule has 13 heteroatoms. The number of benzene rings is 1. The Morgan fingerprint density at radius 3 is 2.38 bits per heavy atom. The number of methoxy groups -OCH3 is 2.